The largest absolute Gasteiger partial charge is 0.465 e. The fourth-order valence-corrected chi connectivity index (χ4v) is 1.84. The molecule has 1 heterocycles. The third-order valence-corrected chi connectivity index (χ3v) is 2.86. The van der Waals surface area contributed by atoms with Crippen molar-refractivity contribution in [2.75, 3.05) is 7.11 Å². The van der Waals surface area contributed by atoms with Crippen molar-refractivity contribution in [1.29, 1.82) is 5.26 Å². The van der Waals surface area contributed by atoms with Gasteiger partial charge >= 0.3 is 5.97 Å². The molecule has 0 fully saturated rings. The van der Waals surface area contributed by atoms with Gasteiger partial charge < -0.3 is 9.72 Å². The molecule has 0 bridgehead atoms. The van der Waals surface area contributed by atoms with Crippen LogP contribution in [0.2, 0.25) is 0 Å². The van der Waals surface area contributed by atoms with E-state index < -0.39 is 5.97 Å². The number of rotatable bonds is 2. The standard InChI is InChI=1S/C15H12N2O3/c1-9-3-4-10-6-11(14(18)17-13(10)5-9)7-12(8-16)15(19)20-2/h3-7H,1-2H3,(H,17,18). The van der Waals surface area contributed by atoms with E-state index in [9.17, 15) is 9.59 Å². The molecule has 5 heteroatoms. The van der Waals surface area contributed by atoms with Crippen molar-refractivity contribution in [3.63, 3.8) is 0 Å². The number of ether oxygens (including phenoxy) is 1. The summed E-state index contributed by atoms with van der Waals surface area (Å²) in [4.78, 5) is 26.0. The summed E-state index contributed by atoms with van der Waals surface area (Å²) in [5.74, 6) is -0.768. The monoisotopic (exact) mass is 268 g/mol. The lowest BCUT2D eigenvalue weighted by Crippen LogP contribution is -2.11. The van der Waals surface area contributed by atoms with Crippen molar-refractivity contribution < 1.29 is 9.53 Å². The van der Waals surface area contributed by atoms with E-state index in [-0.39, 0.29) is 16.7 Å². The molecule has 0 aliphatic carbocycles. The van der Waals surface area contributed by atoms with Crippen LogP contribution in [0.1, 0.15) is 11.1 Å². The Morgan fingerprint density at radius 3 is 2.80 bits per heavy atom. The fourth-order valence-electron chi connectivity index (χ4n) is 1.84. The van der Waals surface area contributed by atoms with Gasteiger partial charge in [-0.25, -0.2) is 4.79 Å². The smallest absolute Gasteiger partial charge is 0.348 e. The molecule has 0 spiro atoms. The van der Waals surface area contributed by atoms with Crippen molar-refractivity contribution in [2.24, 2.45) is 0 Å². The summed E-state index contributed by atoms with van der Waals surface area (Å²) in [6.07, 6.45) is 1.23. The lowest BCUT2D eigenvalue weighted by atomic mass is 10.1. The first kappa shape index (κ1) is 13.6. The van der Waals surface area contributed by atoms with Crippen LogP contribution in [0.4, 0.5) is 0 Å². The van der Waals surface area contributed by atoms with E-state index >= 15 is 0 Å². The maximum Gasteiger partial charge on any atom is 0.348 e. The number of methoxy groups -OCH3 is 1. The number of nitrogens with one attached hydrogen (secondary N) is 1. The number of hydrogen-bond donors (Lipinski definition) is 1. The minimum absolute atomic E-state index is 0.218. The minimum Gasteiger partial charge on any atom is -0.465 e. The number of benzene rings is 1. The number of fused-ring (bicyclic) bond motifs is 1. The molecule has 5 nitrogen and oxygen atoms in total. The highest BCUT2D eigenvalue weighted by atomic mass is 16.5. The van der Waals surface area contributed by atoms with Gasteiger partial charge in [0.25, 0.3) is 5.56 Å². The number of esters is 1. The fraction of sp³-hybridized carbons (Fsp3) is 0.133. The van der Waals surface area contributed by atoms with Gasteiger partial charge in [-0.3, -0.25) is 4.79 Å². The van der Waals surface area contributed by atoms with Gasteiger partial charge in [0.2, 0.25) is 0 Å². The summed E-state index contributed by atoms with van der Waals surface area (Å²) in [6.45, 7) is 1.93. The van der Waals surface area contributed by atoms with Crippen LogP contribution >= 0.6 is 0 Å². The maximum absolute atomic E-state index is 11.9. The number of aryl methyl sites for hydroxylation is 1. The predicted octanol–water partition coefficient (Wildman–Crippen LogP) is 1.92. The number of aromatic amines is 1. The molecule has 1 aromatic heterocycles. The zero-order chi connectivity index (χ0) is 14.7. The van der Waals surface area contributed by atoms with E-state index in [4.69, 9.17) is 5.26 Å². The van der Waals surface area contributed by atoms with E-state index in [1.807, 2.05) is 25.1 Å². The Morgan fingerprint density at radius 1 is 1.40 bits per heavy atom. The van der Waals surface area contributed by atoms with Crippen LogP contribution < -0.4 is 5.56 Å². The van der Waals surface area contributed by atoms with Crippen molar-refractivity contribution in [1.82, 2.24) is 4.98 Å². The number of nitriles is 1. The molecule has 0 amide bonds. The Kier molecular flexibility index (Phi) is 3.67. The predicted molar refractivity (Wildman–Crippen MR) is 74.9 cm³/mol. The van der Waals surface area contributed by atoms with Gasteiger partial charge in [0.15, 0.2) is 0 Å². The molecule has 0 aliphatic rings. The van der Waals surface area contributed by atoms with E-state index in [1.165, 1.54) is 13.2 Å². The molecule has 2 aromatic rings. The third-order valence-electron chi connectivity index (χ3n) is 2.86. The van der Waals surface area contributed by atoms with Gasteiger partial charge in [-0.15, -0.1) is 0 Å². The second kappa shape index (κ2) is 5.41. The molecule has 1 N–H and O–H groups in total. The topological polar surface area (TPSA) is 82.9 Å². The summed E-state index contributed by atoms with van der Waals surface area (Å²) in [5, 5.41) is 9.72. The SMILES string of the molecule is COC(=O)C(C#N)=Cc1cc2ccc(C)cc2[nH]c1=O. The van der Waals surface area contributed by atoms with Crippen LogP contribution in [0, 0.1) is 18.3 Å². The van der Waals surface area contributed by atoms with Crippen molar-refractivity contribution in [3.8, 4) is 6.07 Å². The van der Waals surface area contributed by atoms with Gasteiger partial charge in [0, 0.05) is 11.1 Å². The average Bonchev–Trinajstić information content (AvgIpc) is 2.44. The summed E-state index contributed by atoms with van der Waals surface area (Å²) in [6, 6.07) is 8.99. The highest BCUT2D eigenvalue weighted by molar-refractivity contribution is 5.98. The summed E-state index contributed by atoms with van der Waals surface area (Å²) in [5.41, 5.74) is 1.40. The van der Waals surface area contributed by atoms with Crippen molar-refractivity contribution in [2.45, 2.75) is 6.92 Å². The maximum atomic E-state index is 11.9. The molecular weight excluding hydrogens is 256 g/mol. The molecule has 0 saturated heterocycles. The minimum atomic E-state index is -0.768. The van der Waals surface area contributed by atoms with Crippen LogP contribution in [0.5, 0.6) is 0 Å². The van der Waals surface area contributed by atoms with Gasteiger partial charge in [-0.1, -0.05) is 12.1 Å². The number of carbonyl (C=O) groups is 1. The van der Waals surface area contributed by atoms with Crippen LogP contribution in [0.3, 0.4) is 0 Å². The number of hydrogen-bond acceptors (Lipinski definition) is 4. The first-order chi connectivity index (χ1) is 9.55. The highest BCUT2D eigenvalue weighted by Gasteiger charge is 2.10. The van der Waals surface area contributed by atoms with Gasteiger partial charge in [-0.2, -0.15) is 5.26 Å². The highest BCUT2D eigenvalue weighted by Crippen LogP contribution is 2.14. The quantitative estimate of drug-likeness (QED) is 0.512. The van der Waals surface area contributed by atoms with Crippen molar-refractivity contribution in [3.05, 3.63) is 51.3 Å². The Morgan fingerprint density at radius 2 is 2.15 bits per heavy atom. The molecule has 100 valence electrons. The van der Waals surface area contributed by atoms with E-state index in [2.05, 4.69) is 9.72 Å². The van der Waals surface area contributed by atoms with Gasteiger partial charge in [-0.05, 0) is 36.1 Å². The Bertz CT molecular complexity index is 810. The van der Waals surface area contributed by atoms with Crippen LogP contribution in [-0.4, -0.2) is 18.1 Å². The molecule has 0 radical (unpaired) electrons. The third kappa shape index (κ3) is 2.59. The van der Waals surface area contributed by atoms with Gasteiger partial charge in [0.05, 0.1) is 7.11 Å². The Hall–Kier alpha value is -2.87. The average molecular weight is 268 g/mol. The second-order valence-corrected chi connectivity index (χ2v) is 4.31. The summed E-state index contributed by atoms with van der Waals surface area (Å²) >= 11 is 0. The molecule has 2 rings (SSSR count). The second-order valence-electron chi connectivity index (χ2n) is 4.31. The van der Waals surface area contributed by atoms with E-state index in [1.54, 1.807) is 12.1 Å². The van der Waals surface area contributed by atoms with Crippen LogP contribution in [0.25, 0.3) is 17.0 Å². The van der Waals surface area contributed by atoms with E-state index in [0.29, 0.717) is 5.52 Å². The number of carbonyl (C=O) groups excluding carboxylic acids is 1. The molecule has 0 saturated carbocycles. The lowest BCUT2D eigenvalue weighted by Gasteiger charge is -2.02. The number of H-pyrrole nitrogens is 1. The van der Waals surface area contributed by atoms with Gasteiger partial charge in [0.1, 0.15) is 11.6 Å². The number of aromatic nitrogens is 1. The molecule has 0 unspecified atom stereocenters. The first-order valence-corrected chi connectivity index (χ1v) is 5.89. The molecule has 0 atom stereocenters. The zero-order valence-electron chi connectivity index (χ0n) is 11.1. The Labute approximate surface area is 115 Å². The molecule has 0 aliphatic heterocycles. The lowest BCUT2D eigenvalue weighted by molar-refractivity contribution is -0.135. The van der Waals surface area contributed by atoms with Crippen molar-refractivity contribution >= 4 is 22.9 Å². The number of nitrogens with zero attached hydrogens (tertiary/aromatic N) is 1. The Balaban J connectivity index is 2.61. The number of pyridine rings is 1. The molecule has 20 heavy (non-hydrogen) atoms. The van der Waals surface area contributed by atoms with Crippen LogP contribution in [0.15, 0.2) is 34.6 Å². The summed E-state index contributed by atoms with van der Waals surface area (Å²) < 4.78 is 4.48. The van der Waals surface area contributed by atoms with E-state index in [0.717, 1.165) is 10.9 Å². The first-order valence-electron chi connectivity index (χ1n) is 5.89. The molecular formula is C15H12N2O3. The zero-order valence-corrected chi connectivity index (χ0v) is 11.1. The molecule has 1 aromatic carbocycles. The normalized spacial score (nSPS) is 11.2. The van der Waals surface area contributed by atoms with Crippen LogP contribution in [-0.2, 0) is 9.53 Å². The summed E-state index contributed by atoms with van der Waals surface area (Å²) in [7, 11) is 1.18.